The molecule has 3 nitrogen and oxygen atoms in total. The maximum atomic E-state index is 11.0. The standard InChI is InChI=1S/C16H17BrO3/c1-16(2,15(18)19)9-10-20-13-8-7-11-5-3-4-6-12(11)14(13)17/h3-8H,9-10H2,1-2H3,(H,18,19). The highest BCUT2D eigenvalue weighted by Gasteiger charge is 2.26. The van der Waals surface area contributed by atoms with Gasteiger partial charge in [-0.1, -0.05) is 30.3 Å². The smallest absolute Gasteiger partial charge is 0.309 e. The molecular weight excluding hydrogens is 320 g/mol. The van der Waals surface area contributed by atoms with E-state index in [1.165, 1.54) is 0 Å². The van der Waals surface area contributed by atoms with Gasteiger partial charge < -0.3 is 9.84 Å². The first-order valence-corrected chi connectivity index (χ1v) is 7.24. The van der Waals surface area contributed by atoms with Crippen LogP contribution < -0.4 is 4.74 Å². The van der Waals surface area contributed by atoms with Crippen LogP contribution in [0.3, 0.4) is 0 Å². The summed E-state index contributed by atoms with van der Waals surface area (Å²) in [4.78, 5) is 11.0. The Morgan fingerprint density at radius 1 is 1.25 bits per heavy atom. The molecule has 0 spiro atoms. The van der Waals surface area contributed by atoms with Crippen LogP contribution in [0, 0.1) is 5.41 Å². The molecule has 0 amide bonds. The Morgan fingerprint density at radius 3 is 2.65 bits per heavy atom. The van der Waals surface area contributed by atoms with E-state index in [2.05, 4.69) is 15.9 Å². The van der Waals surface area contributed by atoms with Crippen molar-refractivity contribution < 1.29 is 14.6 Å². The fourth-order valence-electron chi connectivity index (χ4n) is 1.85. The van der Waals surface area contributed by atoms with Gasteiger partial charge in [-0.2, -0.15) is 0 Å². The maximum absolute atomic E-state index is 11.0. The number of carboxylic acid groups (broad SMARTS) is 1. The Labute approximate surface area is 126 Å². The molecule has 2 aromatic rings. The van der Waals surface area contributed by atoms with Crippen LogP contribution in [0.25, 0.3) is 10.8 Å². The van der Waals surface area contributed by atoms with Crippen molar-refractivity contribution in [1.29, 1.82) is 0 Å². The molecule has 1 N–H and O–H groups in total. The number of ether oxygens (including phenoxy) is 1. The molecule has 0 saturated carbocycles. The second-order valence-corrected chi connectivity index (χ2v) is 6.18. The minimum absolute atomic E-state index is 0.371. The van der Waals surface area contributed by atoms with Crippen molar-refractivity contribution in [2.75, 3.05) is 6.61 Å². The Kier molecular flexibility index (Phi) is 4.33. The quantitative estimate of drug-likeness (QED) is 0.875. The van der Waals surface area contributed by atoms with E-state index in [0.717, 1.165) is 21.0 Å². The van der Waals surface area contributed by atoms with Crippen molar-refractivity contribution in [3.8, 4) is 5.75 Å². The average Bonchev–Trinajstić information content (AvgIpc) is 2.41. The molecule has 0 saturated heterocycles. The summed E-state index contributed by atoms with van der Waals surface area (Å²) < 4.78 is 6.63. The molecule has 20 heavy (non-hydrogen) atoms. The number of hydrogen-bond acceptors (Lipinski definition) is 2. The second kappa shape index (κ2) is 5.83. The Morgan fingerprint density at radius 2 is 1.95 bits per heavy atom. The lowest BCUT2D eigenvalue weighted by Crippen LogP contribution is -2.25. The molecule has 4 heteroatoms. The van der Waals surface area contributed by atoms with Crippen LogP contribution in [-0.4, -0.2) is 17.7 Å². The number of fused-ring (bicyclic) bond motifs is 1. The first-order chi connectivity index (χ1) is 9.42. The highest BCUT2D eigenvalue weighted by atomic mass is 79.9. The number of halogens is 1. The summed E-state index contributed by atoms with van der Waals surface area (Å²) in [7, 11) is 0. The molecule has 0 aromatic heterocycles. The molecule has 0 radical (unpaired) electrons. The van der Waals surface area contributed by atoms with E-state index in [4.69, 9.17) is 9.84 Å². The van der Waals surface area contributed by atoms with Crippen LogP contribution in [0.2, 0.25) is 0 Å². The molecule has 0 aliphatic carbocycles. The normalized spacial score (nSPS) is 11.6. The van der Waals surface area contributed by atoms with Gasteiger partial charge in [0.15, 0.2) is 0 Å². The topological polar surface area (TPSA) is 46.5 Å². The Balaban J connectivity index is 2.11. The summed E-state index contributed by atoms with van der Waals surface area (Å²) in [6.07, 6.45) is 0.460. The Hall–Kier alpha value is -1.55. The van der Waals surface area contributed by atoms with Crippen LogP contribution in [-0.2, 0) is 4.79 Å². The molecule has 2 aromatic carbocycles. The summed E-state index contributed by atoms with van der Waals surface area (Å²) >= 11 is 3.55. The molecule has 0 bridgehead atoms. The van der Waals surface area contributed by atoms with Crippen LogP contribution in [0.1, 0.15) is 20.3 Å². The van der Waals surface area contributed by atoms with Gasteiger partial charge in [-0.3, -0.25) is 4.79 Å². The molecule has 0 fully saturated rings. The van der Waals surface area contributed by atoms with Crippen molar-refractivity contribution in [1.82, 2.24) is 0 Å². The number of hydrogen-bond donors (Lipinski definition) is 1. The van der Waals surface area contributed by atoms with Gasteiger partial charge in [0.2, 0.25) is 0 Å². The molecule has 0 heterocycles. The zero-order valence-electron chi connectivity index (χ0n) is 11.5. The highest BCUT2D eigenvalue weighted by Crippen LogP contribution is 2.33. The lowest BCUT2D eigenvalue weighted by Gasteiger charge is -2.19. The van der Waals surface area contributed by atoms with E-state index < -0.39 is 11.4 Å². The molecule has 0 atom stereocenters. The van der Waals surface area contributed by atoms with E-state index >= 15 is 0 Å². The van der Waals surface area contributed by atoms with Gasteiger partial charge in [-0.15, -0.1) is 0 Å². The predicted octanol–water partition coefficient (Wildman–Crippen LogP) is 4.48. The van der Waals surface area contributed by atoms with E-state index in [0.29, 0.717) is 13.0 Å². The van der Waals surface area contributed by atoms with Gasteiger partial charge in [0.05, 0.1) is 16.5 Å². The number of rotatable bonds is 5. The van der Waals surface area contributed by atoms with Crippen LogP contribution >= 0.6 is 15.9 Å². The number of carboxylic acids is 1. The largest absolute Gasteiger partial charge is 0.492 e. The third-order valence-electron chi connectivity index (χ3n) is 3.39. The highest BCUT2D eigenvalue weighted by molar-refractivity contribution is 9.10. The zero-order chi connectivity index (χ0) is 14.8. The molecule has 0 aliphatic rings. The number of benzene rings is 2. The summed E-state index contributed by atoms with van der Waals surface area (Å²) in [5, 5.41) is 11.3. The molecule has 0 aliphatic heterocycles. The van der Waals surface area contributed by atoms with E-state index in [1.807, 2.05) is 36.4 Å². The summed E-state index contributed by atoms with van der Waals surface area (Å²) in [5.74, 6) is -0.0661. The molecule has 2 rings (SSSR count). The monoisotopic (exact) mass is 336 g/mol. The van der Waals surface area contributed by atoms with Crippen molar-refractivity contribution in [2.45, 2.75) is 20.3 Å². The lowest BCUT2D eigenvalue weighted by molar-refractivity contribution is -0.147. The Bertz CT molecular complexity index is 635. The van der Waals surface area contributed by atoms with Crippen LogP contribution in [0.5, 0.6) is 5.75 Å². The first kappa shape index (κ1) is 14.9. The lowest BCUT2D eigenvalue weighted by atomic mass is 9.90. The zero-order valence-corrected chi connectivity index (χ0v) is 13.1. The van der Waals surface area contributed by atoms with Gasteiger partial charge >= 0.3 is 5.97 Å². The summed E-state index contributed by atoms with van der Waals surface area (Å²) in [5.41, 5.74) is -0.774. The van der Waals surface area contributed by atoms with Gasteiger partial charge in [-0.25, -0.2) is 0 Å². The van der Waals surface area contributed by atoms with Crippen molar-refractivity contribution >= 4 is 32.7 Å². The first-order valence-electron chi connectivity index (χ1n) is 6.45. The number of aliphatic carboxylic acids is 1. The van der Waals surface area contributed by atoms with Crippen molar-refractivity contribution in [3.63, 3.8) is 0 Å². The second-order valence-electron chi connectivity index (χ2n) is 5.39. The van der Waals surface area contributed by atoms with Crippen LogP contribution in [0.15, 0.2) is 40.9 Å². The van der Waals surface area contributed by atoms with Crippen molar-refractivity contribution in [2.24, 2.45) is 5.41 Å². The summed E-state index contributed by atoms with van der Waals surface area (Å²) in [6, 6.07) is 11.9. The minimum atomic E-state index is -0.807. The van der Waals surface area contributed by atoms with Gasteiger partial charge in [0.1, 0.15) is 5.75 Å². The molecular formula is C16H17BrO3. The summed E-state index contributed by atoms with van der Waals surface area (Å²) in [6.45, 7) is 3.78. The minimum Gasteiger partial charge on any atom is -0.492 e. The SMILES string of the molecule is CC(C)(CCOc1ccc2ccccc2c1Br)C(=O)O. The third-order valence-corrected chi connectivity index (χ3v) is 4.21. The van der Waals surface area contributed by atoms with E-state index in [9.17, 15) is 4.79 Å². The van der Waals surface area contributed by atoms with Gasteiger partial charge in [0, 0.05) is 0 Å². The average molecular weight is 337 g/mol. The molecule has 0 unspecified atom stereocenters. The van der Waals surface area contributed by atoms with Gasteiger partial charge in [0.25, 0.3) is 0 Å². The molecule has 106 valence electrons. The third kappa shape index (κ3) is 3.12. The predicted molar refractivity (Wildman–Crippen MR) is 83.2 cm³/mol. The van der Waals surface area contributed by atoms with E-state index in [1.54, 1.807) is 13.8 Å². The van der Waals surface area contributed by atoms with E-state index in [-0.39, 0.29) is 0 Å². The fraction of sp³-hybridized carbons (Fsp3) is 0.312. The fourth-order valence-corrected chi connectivity index (χ4v) is 2.46. The number of carbonyl (C=O) groups is 1. The maximum Gasteiger partial charge on any atom is 0.309 e. The van der Waals surface area contributed by atoms with Crippen LogP contribution in [0.4, 0.5) is 0 Å². The van der Waals surface area contributed by atoms with Crippen molar-refractivity contribution in [3.05, 3.63) is 40.9 Å². The van der Waals surface area contributed by atoms with Gasteiger partial charge in [-0.05, 0) is 53.0 Å².